The standard InChI is InChI=1S/C14H18BClFNO2S/c1-13(2)14(3,4)20-15(19-13)10(8-21)5-9-6-12(17)18-7-11(9)16/h5-7,21H,8H2,1-4H3. The molecule has 0 radical (unpaired) electrons. The zero-order chi connectivity index (χ0) is 15.8. The fourth-order valence-electron chi connectivity index (χ4n) is 1.92. The number of hydrogen-bond acceptors (Lipinski definition) is 4. The molecule has 1 aliphatic rings. The van der Waals surface area contributed by atoms with Gasteiger partial charge in [0.25, 0.3) is 0 Å². The predicted molar refractivity (Wildman–Crippen MR) is 87.1 cm³/mol. The van der Waals surface area contributed by atoms with Crippen molar-refractivity contribution in [2.24, 2.45) is 0 Å². The van der Waals surface area contributed by atoms with Gasteiger partial charge in [0.1, 0.15) is 0 Å². The van der Waals surface area contributed by atoms with Crippen molar-refractivity contribution >= 4 is 37.4 Å². The molecule has 21 heavy (non-hydrogen) atoms. The molecule has 1 aromatic heterocycles. The van der Waals surface area contributed by atoms with Gasteiger partial charge in [-0.05, 0) is 38.7 Å². The summed E-state index contributed by atoms with van der Waals surface area (Å²) in [6.07, 6.45) is 3.02. The molecule has 3 nitrogen and oxygen atoms in total. The summed E-state index contributed by atoms with van der Waals surface area (Å²) in [5.74, 6) is -0.171. The number of pyridine rings is 1. The van der Waals surface area contributed by atoms with E-state index in [9.17, 15) is 4.39 Å². The quantitative estimate of drug-likeness (QED) is 0.520. The van der Waals surface area contributed by atoms with Gasteiger partial charge < -0.3 is 9.31 Å². The Hall–Kier alpha value is -0.555. The molecule has 114 valence electrons. The average Bonchev–Trinajstić information content (AvgIpc) is 2.59. The lowest BCUT2D eigenvalue weighted by Gasteiger charge is -2.32. The third-order valence-electron chi connectivity index (χ3n) is 3.93. The molecule has 1 saturated heterocycles. The van der Waals surface area contributed by atoms with E-state index < -0.39 is 24.3 Å². The van der Waals surface area contributed by atoms with Crippen LogP contribution in [0.2, 0.25) is 5.02 Å². The second kappa shape index (κ2) is 5.91. The van der Waals surface area contributed by atoms with Crippen LogP contribution < -0.4 is 0 Å². The van der Waals surface area contributed by atoms with E-state index >= 15 is 0 Å². The van der Waals surface area contributed by atoms with Gasteiger partial charge in [-0.1, -0.05) is 17.7 Å². The first-order chi connectivity index (χ1) is 9.66. The zero-order valence-corrected chi connectivity index (χ0v) is 14.1. The summed E-state index contributed by atoms with van der Waals surface area (Å²) in [6, 6.07) is 1.27. The van der Waals surface area contributed by atoms with E-state index in [1.807, 2.05) is 27.7 Å². The number of nitrogens with zero attached hydrogens (tertiary/aromatic N) is 1. The smallest absolute Gasteiger partial charge is 0.400 e. The van der Waals surface area contributed by atoms with E-state index in [1.165, 1.54) is 12.3 Å². The predicted octanol–water partition coefficient (Wildman–Crippen LogP) is 3.82. The molecular formula is C14H18BClFNO2S. The van der Waals surface area contributed by atoms with Crippen molar-refractivity contribution in [3.05, 3.63) is 34.3 Å². The maximum Gasteiger partial charge on any atom is 0.491 e. The van der Waals surface area contributed by atoms with Crippen LogP contribution in [0.1, 0.15) is 33.3 Å². The Balaban J connectivity index is 2.33. The highest BCUT2D eigenvalue weighted by atomic mass is 35.5. The molecule has 1 aromatic rings. The van der Waals surface area contributed by atoms with Crippen LogP contribution in [0.25, 0.3) is 6.08 Å². The first-order valence-corrected chi connectivity index (χ1v) is 7.65. The van der Waals surface area contributed by atoms with Gasteiger partial charge in [-0.15, -0.1) is 0 Å². The Kier molecular flexibility index (Phi) is 4.73. The Bertz CT molecular complexity index is 564. The molecule has 0 spiro atoms. The van der Waals surface area contributed by atoms with Crippen LogP contribution in [0.3, 0.4) is 0 Å². The molecule has 0 saturated carbocycles. The fourth-order valence-corrected chi connectivity index (χ4v) is 2.32. The molecular weight excluding hydrogens is 311 g/mol. The minimum atomic E-state index is -0.585. The van der Waals surface area contributed by atoms with Crippen LogP contribution in [0.5, 0.6) is 0 Å². The van der Waals surface area contributed by atoms with Gasteiger partial charge >= 0.3 is 7.12 Å². The molecule has 0 amide bonds. The number of rotatable bonds is 3. The van der Waals surface area contributed by atoms with Crippen molar-refractivity contribution in [3.8, 4) is 0 Å². The summed E-state index contributed by atoms with van der Waals surface area (Å²) in [4.78, 5) is 3.51. The lowest BCUT2D eigenvalue weighted by atomic mass is 9.78. The van der Waals surface area contributed by atoms with E-state index in [2.05, 4.69) is 17.6 Å². The zero-order valence-electron chi connectivity index (χ0n) is 12.5. The third-order valence-corrected chi connectivity index (χ3v) is 4.61. The highest BCUT2D eigenvalue weighted by Gasteiger charge is 2.52. The van der Waals surface area contributed by atoms with Crippen molar-refractivity contribution in [2.75, 3.05) is 5.75 Å². The maximum atomic E-state index is 13.2. The van der Waals surface area contributed by atoms with Crippen LogP contribution in [0.15, 0.2) is 17.7 Å². The van der Waals surface area contributed by atoms with Crippen LogP contribution in [0.4, 0.5) is 4.39 Å². The lowest BCUT2D eigenvalue weighted by Crippen LogP contribution is -2.41. The summed E-state index contributed by atoms with van der Waals surface area (Å²) in [5, 5.41) is 0.368. The van der Waals surface area contributed by atoms with Gasteiger partial charge in [0.2, 0.25) is 5.95 Å². The molecule has 1 aliphatic heterocycles. The van der Waals surface area contributed by atoms with Gasteiger partial charge in [0, 0.05) is 18.0 Å². The molecule has 0 unspecified atom stereocenters. The van der Waals surface area contributed by atoms with E-state index in [1.54, 1.807) is 6.08 Å². The number of thiol groups is 1. The van der Waals surface area contributed by atoms with Crippen LogP contribution in [0, 0.1) is 5.95 Å². The minimum absolute atomic E-state index is 0.368. The van der Waals surface area contributed by atoms with Gasteiger partial charge in [0.05, 0.1) is 16.2 Å². The molecule has 0 aromatic carbocycles. The second-order valence-corrected chi connectivity index (χ2v) is 6.72. The van der Waals surface area contributed by atoms with E-state index in [0.29, 0.717) is 16.3 Å². The average molecular weight is 330 g/mol. The third kappa shape index (κ3) is 3.45. The topological polar surface area (TPSA) is 31.4 Å². The summed E-state index contributed by atoms with van der Waals surface area (Å²) in [5.41, 5.74) is 0.437. The Morgan fingerprint density at radius 3 is 2.48 bits per heavy atom. The normalized spacial score (nSPS) is 20.9. The van der Waals surface area contributed by atoms with Crippen molar-refractivity contribution < 1.29 is 13.7 Å². The number of halogens is 2. The van der Waals surface area contributed by atoms with Gasteiger partial charge in [0.15, 0.2) is 0 Å². The number of hydrogen-bond donors (Lipinski definition) is 1. The summed E-state index contributed by atoms with van der Waals surface area (Å²) >= 11 is 10.3. The van der Waals surface area contributed by atoms with E-state index in [0.717, 1.165) is 5.47 Å². The Labute approximate surface area is 135 Å². The van der Waals surface area contributed by atoms with Crippen LogP contribution in [-0.4, -0.2) is 29.1 Å². The summed E-state index contributed by atoms with van der Waals surface area (Å²) < 4.78 is 25.2. The lowest BCUT2D eigenvalue weighted by molar-refractivity contribution is 0.00578. The first-order valence-electron chi connectivity index (χ1n) is 6.64. The Morgan fingerprint density at radius 2 is 1.95 bits per heavy atom. The summed E-state index contributed by atoms with van der Waals surface area (Å²) in [6.45, 7) is 7.90. The minimum Gasteiger partial charge on any atom is -0.400 e. The van der Waals surface area contributed by atoms with Gasteiger partial charge in [-0.25, -0.2) is 4.98 Å². The van der Waals surface area contributed by atoms with Crippen molar-refractivity contribution in [2.45, 2.75) is 38.9 Å². The number of aromatic nitrogens is 1. The van der Waals surface area contributed by atoms with E-state index in [-0.39, 0.29) is 0 Å². The molecule has 7 heteroatoms. The Morgan fingerprint density at radius 1 is 1.38 bits per heavy atom. The molecule has 0 atom stereocenters. The molecule has 1 fully saturated rings. The molecule has 2 heterocycles. The largest absolute Gasteiger partial charge is 0.491 e. The fraction of sp³-hybridized carbons (Fsp3) is 0.500. The van der Waals surface area contributed by atoms with Crippen LogP contribution in [-0.2, 0) is 9.31 Å². The first kappa shape index (κ1) is 16.8. The highest BCUT2D eigenvalue weighted by molar-refractivity contribution is 7.80. The van der Waals surface area contributed by atoms with E-state index in [4.69, 9.17) is 20.9 Å². The van der Waals surface area contributed by atoms with Gasteiger partial charge in [-0.2, -0.15) is 17.0 Å². The van der Waals surface area contributed by atoms with Gasteiger partial charge in [-0.3, -0.25) is 0 Å². The molecule has 0 aliphatic carbocycles. The maximum absolute atomic E-state index is 13.2. The van der Waals surface area contributed by atoms with Crippen LogP contribution >= 0.6 is 24.2 Å². The monoisotopic (exact) mass is 329 g/mol. The molecule has 0 N–H and O–H groups in total. The molecule has 0 bridgehead atoms. The van der Waals surface area contributed by atoms with Crippen molar-refractivity contribution in [1.82, 2.24) is 4.98 Å². The SMILES string of the molecule is CC1(C)OB(C(=Cc2cc(F)ncc2Cl)CS)OC1(C)C. The van der Waals surface area contributed by atoms with Crippen molar-refractivity contribution in [1.29, 1.82) is 0 Å². The molecule has 2 rings (SSSR count). The second-order valence-electron chi connectivity index (χ2n) is 5.99. The van der Waals surface area contributed by atoms with Crippen molar-refractivity contribution in [3.63, 3.8) is 0 Å². The highest BCUT2D eigenvalue weighted by Crippen LogP contribution is 2.39. The summed E-state index contributed by atoms with van der Waals surface area (Å²) in [7, 11) is -0.528.